The van der Waals surface area contributed by atoms with Crippen molar-refractivity contribution >= 4 is 11.8 Å². The molecular formula is C12H22N4OS. The Hall–Kier alpha value is -0.560. The average molecular weight is 270 g/mol. The van der Waals surface area contributed by atoms with Gasteiger partial charge in [0.2, 0.25) is 0 Å². The number of hydrogen-bond donors (Lipinski definition) is 2. The molecule has 6 heteroatoms. The molecule has 1 aliphatic heterocycles. The highest BCUT2D eigenvalue weighted by molar-refractivity contribution is 7.99. The van der Waals surface area contributed by atoms with E-state index in [2.05, 4.69) is 21.9 Å². The van der Waals surface area contributed by atoms with Crippen LogP contribution in [0.5, 0.6) is 0 Å². The smallest absolute Gasteiger partial charge is 0.110 e. The second-order valence-electron chi connectivity index (χ2n) is 4.50. The van der Waals surface area contributed by atoms with Crippen molar-refractivity contribution in [2.45, 2.75) is 38.5 Å². The highest BCUT2D eigenvalue weighted by Crippen LogP contribution is 2.17. The van der Waals surface area contributed by atoms with Gasteiger partial charge in [-0.2, -0.15) is 11.8 Å². The average Bonchev–Trinajstić information content (AvgIpc) is 2.85. The van der Waals surface area contributed by atoms with E-state index in [1.165, 1.54) is 0 Å². The van der Waals surface area contributed by atoms with Crippen molar-refractivity contribution < 1.29 is 4.74 Å². The summed E-state index contributed by atoms with van der Waals surface area (Å²) in [6.45, 7) is 3.99. The van der Waals surface area contributed by atoms with Crippen molar-refractivity contribution in [1.29, 1.82) is 0 Å². The van der Waals surface area contributed by atoms with E-state index in [1.54, 1.807) is 0 Å². The lowest BCUT2D eigenvalue weighted by molar-refractivity contribution is 0.0464. The van der Waals surface area contributed by atoms with E-state index in [0.717, 1.165) is 43.3 Å². The summed E-state index contributed by atoms with van der Waals surface area (Å²) in [5.41, 5.74) is 2.89. The number of thioether (sulfide) groups is 1. The normalized spacial score (nSPS) is 22.0. The first-order valence-electron chi connectivity index (χ1n) is 6.50. The number of nitrogens with zero attached hydrogens (tertiary/aromatic N) is 2. The van der Waals surface area contributed by atoms with Crippen LogP contribution in [0.15, 0.2) is 12.4 Å². The van der Waals surface area contributed by atoms with Crippen LogP contribution in [0.4, 0.5) is 0 Å². The lowest BCUT2D eigenvalue weighted by atomic mass is 10.1. The molecule has 1 aliphatic rings. The zero-order chi connectivity index (χ0) is 12.8. The Morgan fingerprint density at radius 3 is 3.28 bits per heavy atom. The van der Waals surface area contributed by atoms with Gasteiger partial charge in [0, 0.05) is 36.9 Å². The van der Waals surface area contributed by atoms with Gasteiger partial charge < -0.3 is 9.30 Å². The van der Waals surface area contributed by atoms with Crippen LogP contribution in [-0.2, 0) is 17.7 Å². The van der Waals surface area contributed by atoms with Crippen LogP contribution in [0.3, 0.4) is 0 Å². The van der Waals surface area contributed by atoms with Crippen molar-refractivity contribution in [2.75, 3.05) is 18.1 Å². The maximum absolute atomic E-state index is 5.78. The Labute approximate surface area is 112 Å². The minimum atomic E-state index is 0.135. The predicted molar refractivity (Wildman–Crippen MR) is 74.4 cm³/mol. The summed E-state index contributed by atoms with van der Waals surface area (Å²) in [5.74, 6) is 8.84. The van der Waals surface area contributed by atoms with Crippen LogP contribution >= 0.6 is 11.8 Å². The molecule has 3 N–H and O–H groups in total. The Morgan fingerprint density at radius 2 is 2.61 bits per heavy atom. The highest BCUT2D eigenvalue weighted by Gasteiger charge is 2.25. The standard InChI is InChI=1S/C12H22N4OS/c1-2-4-16-5-3-14-12(16)8-10(15-13)11-9-18-7-6-17-11/h3,5,10-11,15H,2,4,6-9,13H2,1H3. The van der Waals surface area contributed by atoms with Crippen molar-refractivity contribution in [3.8, 4) is 0 Å². The maximum Gasteiger partial charge on any atom is 0.110 e. The molecule has 0 spiro atoms. The van der Waals surface area contributed by atoms with E-state index in [1.807, 2.05) is 24.2 Å². The number of nitrogens with one attached hydrogen (secondary N) is 1. The first-order valence-corrected chi connectivity index (χ1v) is 7.66. The van der Waals surface area contributed by atoms with Gasteiger partial charge in [-0.1, -0.05) is 6.92 Å². The van der Waals surface area contributed by atoms with Gasteiger partial charge in [-0.15, -0.1) is 0 Å². The lowest BCUT2D eigenvalue weighted by Gasteiger charge is -2.29. The summed E-state index contributed by atoms with van der Waals surface area (Å²) in [6.07, 6.45) is 5.99. The molecule has 2 atom stereocenters. The zero-order valence-electron chi connectivity index (χ0n) is 10.8. The van der Waals surface area contributed by atoms with Crippen LogP contribution in [-0.4, -0.2) is 39.8 Å². The van der Waals surface area contributed by atoms with Crippen LogP contribution in [0, 0.1) is 0 Å². The summed E-state index contributed by atoms with van der Waals surface area (Å²) in [4.78, 5) is 4.42. The van der Waals surface area contributed by atoms with Crippen molar-refractivity contribution in [1.82, 2.24) is 15.0 Å². The highest BCUT2D eigenvalue weighted by atomic mass is 32.2. The van der Waals surface area contributed by atoms with E-state index in [9.17, 15) is 0 Å². The molecule has 1 fully saturated rings. The van der Waals surface area contributed by atoms with Gasteiger partial charge >= 0.3 is 0 Å². The Balaban J connectivity index is 1.98. The Bertz CT molecular complexity index is 352. The molecule has 1 aromatic rings. The number of nitrogens with two attached hydrogens (primary N) is 1. The fourth-order valence-electron chi connectivity index (χ4n) is 2.21. The largest absolute Gasteiger partial charge is 0.375 e. The first-order chi connectivity index (χ1) is 8.85. The molecule has 18 heavy (non-hydrogen) atoms. The van der Waals surface area contributed by atoms with Gasteiger partial charge in [-0.3, -0.25) is 11.3 Å². The van der Waals surface area contributed by atoms with Crippen molar-refractivity contribution in [3.05, 3.63) is 18.2 Å². The molecule has 1 saturated heterocycles. The lowest BCUT2D eigenvalue weighted by Crippen LogP contribution is -2.49. The van der Waals surface area contributed by atoms with E-state index in [-0.39, 0.29) is 12.1 Å². The quantitative estimate of drug-likeness (QED) is 0.591. The molecule has 102 valence electrons. The van der Waals surface area contributed by atoms with Crippen molar-refractivity contribution in [3.63, 3.8) is 0 Å². The van der Waals surface area contributed by atoms with Crippen LogP contribution in [0.2, 0.25) is 0 Å². The van der Waals surface area contributed by atoms with Crippen molar-refractivity contribution in [2.24, 2.45) is 5.84 Å². The molecular weight excluding hydrogens is 248 g/mol. The third-order valence-electron chi connectivity index (χ3n) is 3.17. The monoisotopic (exact) mass is 270 g/mol. The molecule has 1 aromatic heterocycles. The number of hydrazine groups is 1. The molecule has 2 rings (SSSR count). The summed E-state index contributed by atoms with van der Waals surface area (Å²) in [6, 6.07) is 0.135. The van der Waals surface area contributed by atoms with Crippen LogP contribution < -0.4 is 11.3 Å². The van der Waals surface area contributed by atoms with Crippen LogP contribution in [0.1, 0.15) is 19.2 Å². The summed E-state index contributed by atoms with van der Waals surface area (Å²) in [5, 5.41) is 0. The van der Waals surface area contributed by atoms with E-state index in [0.29, 0.717) is 0 Å². The van der Waals surface area contributed by atoms with E-state index < -0.39 is 0 Å². The van der Waals surface area contributed by atoms with Gasteiger partial charge in [-0.25, -0.2) is 4.98 Å². The Kier molecular flexibility index (Phi) is 5.49. The third kappa shape index (κ3) is 3.47. The second-order valence-corrected chi connectivity index (χ2v) is 5.65. The fourth-order valence-corrected chi connectivity index (χ4v) is 3.15. The number of imidazole rings is 1. The molecule has 0 saturated carbocycles. The number of rotatable bonds is 6. The molecule has 2 heterocycles. The minimum Gasteiger partial charge on any atom is -0.375 e. The molecule has 0 radical (unpaired) electrons. The number of aryl methyl sites for hydroxylation is 1. The van der Waals surface area contributed by atoms with Gasteiger partial charge in [-0.05, 0) is 6.42 Å². The summed E-state index contributed by atoms with van der Waals surface area (Å²) >= 11 is 1.93. The van der Waals surface area contributed by atoms with Gasteiger partial charge in [0.05, 0.1) is 18.8 Å². The van der Waals surface area contributed by atoms with Gasteiger partial charge in [0.1, 0.15) is 5.82 Å². The molecule has 0 amide bonds. The predicted octanol–water partition coefficient (Wildman–Crippen LogP) is 0.799. The topological polar surface area (TPSA) is 65.1 Å². The number of aromatic nitrogens is 2. The zero-order valence-corrected chi connectivity index (χ0v) is 11.7. The molecule has 0 aromatic carbocycles. The van der Waals surface area contributed by atoms with Gasteiger partial charge in [0.15, 0.2) is 0 Å². The van der Waals surface area contributed by atoms with E-state index >= 15 is 0 Å². The molecule has 0 aliphatic carbocycles. The molecule has 0 bridgehead atoms. The molecule has 2 unspecified atom stereocenters. The minimum absolute atomic E-state index is 0.135. The molecule has 5 nitrogen and oxygen atoms in total. The first kappa shape index (κ1) is 13.9. The summed E-state index contributed by atoms with van der Waals surface area (Å²) in [7, 11) is 0. The fraction of sp³-hybridized carbons (Fsp3) is 0.750. The number of hydrogen-bond acceptors (Lipinski definition) is 5. The second kappa shape index (κ2) is 7.13. The van der Waals surface area contributed by atoms with Gasteiger partial charge in [0.25, 0.3) is 0 Å². The third-order valence-corrected chi connectivity index (χ3v) is 4.19. The summed E-state index contributed by atoms with van der Waals surface area (Å²) < 4.78 is 7.97. The number of ether oxygens (including phenoxy) is 1. The van der Waals surface area contributed by atoms with E-state index in [4.69, 9.17) is 10.6 Å². The SMILES string of the molecule is CCCn1ccnc1CC(NN)C1CSCCO1. The Morgan fingerprint density at radius 1 is 1.72 bits per heavy atom. The maximum atomic E-state index is 5.78. The van der Waals surface area contributed by atoms with Crippen LogP contribution in [0.25, 0.3) is 0 Å².